The van der Waals surface area contributed by atoms with Gasteiger partial charge in [-0.3, -0.25) is 9.78 Å². The van der Waals surface area contributed by atoms with E-state index in [1.54, 1.807) is 54.7 Å². The lowest BCUT2D eigenvalue weighted by molar-refractivity contribution is 0.104. The van der Waals surface area contributed by atoms with Gasteiger partial charge in [0.25, 0.3) is 0 Å². The van der Waals surface area contributed by atoms with Crippen LogP contribution in [0, 0.1) is 5.82 Å². The molecule has 0 amide bonds. The summed E-state index contributed by atoms with van der Waals surface area (Å²) >= 11 is 0. The number of nitrogens with zero attached hydrogens (tertiary/aromatic N) is 1. The first-order valence-corrected chi connectivity index (χ1v) is 6.71. The second-order valence-electron chi connectivity index (χ2n) is 4.62. The van der Waals surface area contributed by atoms with Crippen LogP contribution in [0.5, 0.6) is 0 Å². The third-order valence-corrected chi connectivity index (χ3v) is 3.11. The summed E-state index contributed by atoms with van der Waals surface area (Å²) in [6, 6.07) is 13.1. The molecule has 2 heterocycles. The minimum absolute atomic E-state index is 0.169. The number of furan rings is 1. The van der Waals surface area contributed by atoms with Crippen LogP contribution in [0.2, 0.25) is 0 Å². The number of aromatic nitrogens is 1. The molecule has 0 spiro atoms. The van der Waals surface area contributed by atoms with Crippen molar-refractivity contribution in [3.8, 4) is 11.3 Å². The number of benzene rings is 1. The highest BCUT2D eigenvalue weighted by Gasteiger charge is 2.08. The number of carbonyl (C=O) groups excluding carboxylic acids is 1. The zero-order valence-electron chi connectivity index (χ0n) is 11.6. The van der Waals surface area contributed by atoms with E-state index in [1.165, 1.54) is 18.3 Å². The molecule has 22 heavy (non-hydrogen) atoms. The van der Waals surface area contributed by atoms with E-state index in [0.717, 1.165) is 0 Å². The van der Waals surface area contributed by atoms with E-state index in [4.69, 9.17) is 4.42 Å². The van der Waals surface area contributed by atoms with E-state index in [1.807, 2.05) is 0 Å². The average molecular weight is 293 g/mol. The molecule has 2 aromatic heterocycles. The van der Waals surface area contributed by atoms with Crippen molar-refractivity contribution in [2.75, 3.05) is 0 Å². The second kappa shape index (κ2) is 6.18. The number of rotatable bonds is 4. The maximum atomic E-state index is 13.7. The van der Waals surface area contributed by atoms with Crippen molar-refractivity contribution in [2.24, 2.45) is 0 Å². The molecular weight excluding hydrogens is 281 g/mol. The SMILES string of the molecule is O=C(/C=C/c1ccc(-c2ccccc2F)o1)c1cccnc1. The number of allylic oxidation sites excluding steroid dienone is 1. The Labute approximate surface area is 126 Å². The number of pyridine rings is 1. The normalized spacial score (nSPS) is 11.0. The van der Waals surface area contributed by atoms with E-state index in [2.05, 4.69) is 4.98 Å². The highest BCUT2D eigenvalue weighted by atomic mass is 19.1. The average Bonchev–Trinajstić information content (AvgIpc) is 3.02. The first-order chi connectivity index (χ1) is 10.7. The summed E-state index contributed by atoms with van der Waals surface area (Å²) in [6.07, 6.45) is 6.06. The van der Waals surface area contributed by atoms with Crippen molar-refractivity contribution in [3.63, 3.8) is 0 Å². The van der Waals surface area contributed by atoms with Gasteiger partial charge in [0.2, 0.25) is 0 Å². The summed E-state index contributed by atoms with van der Waals surface area (Å²) < 4.78 is 19.2. The predicted molar refractivity (Wildman–Crippen MR) is 81.7 cm³/mol. The molecule has 0 aliphatic rings. The summed E-state index contributed by atoms with van der Waals surface area (Å²) in [5.74, 6) is 0.387. The van der Waals surface area contributed by atoms with E-state index >= 15 is 0 Å². The van der Waals surface area contributed by atoms with Crippen molar-refractivity contribution >= 4 is 11.9 Å². The molecule has 0 fully saturated rings. The van der Waals surface area contributed by atoms with Crippen LogP contribution in [0.4, 0.5) is 4.39 Å². The first kappa shape index (κ1) is 13.9. The Morgan fingerprint density at radius 1 is 1.09 bits per heavy atom. The minimum atomic E-state index is -0.348. The van der Waals surface area contributed by atoms with Crippen molar-refractivity contribution in [1.29, 1.82) is 0 Å². The summed E-state index contributed by atoms with van der Waals surface area (Å²) in [4.78, 5) is 15.8. The number of carbonyl (C=O) groups is 1. The fraction of sp³-hybridized carbons (Fsp3) is 0. The molecule has 3 rings (SSSR count). The van der Waals surface area contributed by atoms with Crippen LogP contribution < -0.4 is 0 Å². The predicted octanol–water partition coefficient (Wildman–Crippen LogP) is 4.38. The molecule has 0 radical (unpaired) electrons. The maximum absolute atomic E-state index is 13.7. The number of ketones is 1. The molecule has 0 bridgehead atoms. The summed E-state index contributed by atoms with van der Waals surface area (Å²) in [5.41, 5.74) is 0.889. The molecule has 0 saturated heterocycles. The monoisotopic (exact) mass is 293 g/mol. The standard InChI is InChI=1S/C18H12FNO2/c19-16-6-2-1-5-15(16)18-10-8-14(22-18)7-9-17(21)13-4-3-11-20-12-13/h1-12H/b9-7+. The Morgan fingerprint density at radius 2 is 1.95 bits per heavy atom. The van der Waals surface area contributed by atoms with Crippen LogP contribution >= 0.6 is 0 Å². The maximum Gasteiger partial charge on any atom is 0.187 e. The van der Waals surface area contributed by atoms with Crippen LogP contribution in [0.25, 0.3) is 17.4 Å². The third-order valence-electron chi connectivity index (χ3n) is 3.11. The molecule has 3 nitrogen and oxygen atoms in total. The lowest BCUT2D eigenvalue weighted by atomic mass is 10.1. The summed E-state index contributed by atoms with van der Waals surface area (Å²) in [5, 5.41) is 0. The van der Waals surface area contributed by atoms with Gasteiger partial charge in [0.1, 0.15) is 17.3 Å². The van der Waals surface area contributed by atoms with E-state index in [0.29, 0.717) is 22.6 Å². The molecular formula is C18H12FNO2. The Balaban J connectivity index is 1.79. The van der Waals surface area contributed by atoms with Gasteiger partial charge in [-0.1, -0.05) is 12.1 Å². The zero-order chi connectivity index (χ0) is 15.4. The van der Waals surface area contributed by atoms with Gasteiger partial charge in [0.15, 0.2) is 5.78 Å². The third kappa shape index (κ3) is 3.01. The Kier molecular flexibility index (Phi) is 3.92. The molecule has 0 aliphatic carbocycles. The molecule has 4 heteroatoms. The largest absolute Gasteiger partial charge is 0.457 e. The van der Waals surface area contributed by atoms with Gasteiger partial charge in [0.05, 0.1) is 5.56 Å². The van der Waals surface area contributed by atoms with Gasteiger partial charge in [0, 0.05) is 18.0 Å². The summed E-state index contributed by atoms with van der Waals surface area (Å²) in [7, 11) is 0. The Bertz CT molecular complexity index is 822. The van der Waals surface area contributed by atoms with Gasteiger partial charge in [-0.15, -0.1) is 0 Å². The lowest BCUT2D eigenvalue weighted by Gasteiger charge is -1.97. The van der Waals surface area contributed by atoms with Crippen LogP contribution in [-0.4, -0.2) is 10.8 Å². The molecule has 0 N–H and O–H groups in total. The number of halogens is 1. The quantitative estimate of drug-likeness (QED) is 0.529. The van der Waals surface area contributed by atoms with Crippen molar-refractivity contribution in [2.45, 2.75) is 0 Å². The lowest BCUT2D eigenvalue weighted by Crippen LogP contribution is -1.93. The second-order valence-corrected chi connectivity index (χ2v) is 4.62. The highest BCUT2D eigenvalue weighted by molar-refractivity contribution is 6.06. The fourth-order valence-corrected chi connectivity index (χ4v) is 2.01. The molecule has 0 atom stereocenters. The fourth-order valence-electron chi connectivity index (χ4n) is 2.01. The van der Waals surface area contributed by atoms with Gasteiger partial charge in [-0.2, -0.15) is 0 Å². The highest BCUT2D eigenvalue weighted by Crippen LogP contribution is 2.25. The molecule has 0 unspecified atom stereocenters. The van der Waals surface area contributed by atoms with Gasteiger partial charge in [-0.05, 0) is 48.6 Å². The van der Waals surface area contributed by atoms with Crippen LogP contribution in [0.15, 0.2) is 71.4 Å². The van der Waals surface area contributed by atoms with Crippen LogP contribution in [-0.2, 0) is 0 Å². The number of hydrogen-bond donors (Lipinski definition) is 0. The molecule has 1 aromatic carbocycles. The van der Waals surface area contributed by atoms with E-state index in [9.17, 15) is 9.18 Å². The number of hydrogen-bond acceptors (Lipinski definition) is 3. The topological polar surface area (TPSA) is 43.1 Å². The van der Waals surface area contributed by atoms with Crippen LogP contribution in [0.3, 0.4) is 0 Å². The smallest absolute Gasteiger partial charge is 0.187 e. The molecule has 108 valence electrons. The minimum Gasteiger partial charge on any atom is -0.457 e. The molecule has 0 saturated carbocycles. The van der Waals surface area contributed by atoms with Gasteiger partial charge in [-0.25, -0.2) is 4.39 Å². The van der Waals surface area contributed by atoms with Crippen molar-refractivity contribution < 1.29 is 13.6 Å². The Morgan fingerprint density at radius 3 is 2.73 bits per heavy atom. The zero-order valence-corrected chi connectivity index (χ0v) is 11.6. The summed E-state index contributed by atoms with van der Waals surface area (Å²) in [6.45, 7) is 0. The van der Waals surface area contributed by atoms with Gasteiger partial charge < -0.3 is 4.42 Å². The van der Waals surface area contributed by atoms with Crippen molar-refractivity contribution in [1.82, 2.24) is 4.98 Å². The Hall–Kier alpha value is -3.01. The molecule has 3 aromatic rings. The molecule has 0 aliphatic heterocycles. The van der Waals surface area contributed by atoms with E-state index in [-0.39, 0.29) is 11.6 Å². The van der Waals surface area contributed by atoms with Crippen molar-refractivity contribution in [3.05, 3.63) is 84.1 Å². The van der Waals surface area contributed by atoms with Crippen LogP contribution in [0.1, 0.15) is 16.1 Å². The first-order valence-electron chi connectivity index (χ1n) is 6.71. The van der Waals surface area contributed by atoms with E-state index < -0.39 is 0 Å². The van der Waals surface area contributed by atoms with Gasteiger partial charge >= 0.3 is 0 Å².